The maximum atomic E-state index is 13.1. The lowest BCUT2D eigenvalue weighted by atomic mass is 10.1. The fourth-order valence-electron chi connectivity index (χ4n) is 6.06. The van der Waals surface area contributed by atoms with Gasteiger partial charge >= 0.3 is 47.8 Å². The lowest BCUT2D eigenvalue weighted by Gasteiger charge is -2.30. The van der Waals surface area contributed by atoms with Crippen molar-refractivity contribution in [3.8, 4) is 0 Å². The zero-order valence-electron chi connectivity index (χ0n) is 33.9. The number of likely N-dealkylation sites (N-methyl/N-ethyl adjacent to an activating group) is 1. The molecular formula is C39H50N2O18. The smallest absolute Gasteiger partial charge is 0.336 e. The molecule has 0 bridgehead atoms. The molecule has 2 saturated heterocycles. The molecule has 0 aromatic heterocycles. The Bertz CT molecular complexity index is 1720. The van der Waals surface area contributed by atoms with Crippen molar-refractivity contribution >= 4 is 47.8 Å². The summed E-state index contributed by atoms with van der Waals surface area (Å²) in [7, 11) is 1.53. The number of nitrogens with zero attached hydrogens (tertiary/aromatic N) is 2. The Morgan fingerprint density at radius 2 is 1.22 bits per heavy atom. The molecule has 0 N–H and O–H groups in total. The molecule has 0 saturated carbocycles. The highest BCUT2D eigenvalue weighted by Crippen LogP contribution is 2.33. The zero-order valence-corrected chi connectivity index (χ0v) is 33.9. The molecule has 1 unspecified atom stereocenters. The lowest BCUT2D eigenvalue weighted by Crippen LogP contribution is -2.44. The van der Waals surface area contributed by atoms with Crippen molar-refractivity contribution in [3.05, 3.63) is 60.6 Å². The quantitative estimate of drug-likeness (QED) is 0.0774. The number of hydrogen-bond donors (Lipinski definition) is 0. The van der Waals surface area contributed by atoms with Gasteiger partial charge in [0.2, 0.25) is 0 Å². The van der Waals surface area contributed by atoms with Crippen LogP contribution in [0.4, 0.5) is 0 Å². The summed E-state index contributed by atoms with van der Waals surface area (Å²) < 4.78 is 54.5. The summed E-state index contributed by atoms with van der Waals surface area (Å²) in [5.41, 5.74) is 0.327. The molecule has 324 valence electrons. The number of ether oxygens (including phenoxy) is 10. The number of hydrogen-bond acceptors (Lipinski definition) is 20. The zero-order chi connectivity index (χ0) is 43.8. The van der Waals surface area contributed by atoms with E-state index in [2.05, 4.69) is 6.58 Å². The molecule has 3 heterocycles. The molecule has 20 nitrogen and oxygen atoms in total. The minimum Gasteiger partial charge on any atom is -0.463 e. The van der Waals surface area contributed by atoms with Gasteiger partial charge in [-0.3, -0.25) is 28.8 Å². The summed E-state index contributed by atoms with van der Waals surface area (Å²) in [5, 5.41) is 0. The topological polar surface area (TPSA) is 235 Å². The maximum absolute atomic E-state index is 13.1. The van der Waals surface area contributed by atoms with Gasteiger partial charge in [0.1, 0.15) is 38.6 Å². The van der Waals surface area contributed by atoms with E-state index in [-0.39, 0.29) is 50.4 Å². The van der Waals surface area contributed by atoms with Gasteiger partial charge in [0.15, 0.2) is 36.9 Å². The first-order valence-corrected chi connectivity index (χ1v) is 18.4. The molecule has 59 heavy (non-hydrogen) atoms. The van der Waals surface area contributed by atoms with Crippen molar-refractivity contribution in [2.24, 2.45) is 0 Å². The van der Waals surface area contributed by atoms with E-state index in [1.807, 2.05) is 0 Å². The predicted molar refractivity (Wildman–Crippen MR) is 198 cm³/mol. The molecule has 0 radical (unpaired) electrons. The first kappa shape index (κ1) is 47.4. The number of esters is 8. The van der Waals surface area contributed by atoms with Crippen LogP contribution in [0.1, 0.15) is 54.4 Å². The van der Waals surface area contributed by atoms with Gasteiger partial charge in [-0.05, 0) is 18.6 Å². The van der Waals surface area contributed by atoms with Gasteiger partial charge in [-0.25, -0.2) is 9.59 Å². The SMILES string of the molecule is C=CC/C(=C\N(C)[C@@H]1O[C@H](COC(C)=O)C(OC(C)=O)[C@H]1OC(C)=O)C(=O)OC/C=C/COC(=O)C1=CN([C@@H]2O[C@H](COC(C)=O)[C@@H](OC(C)=O)[C@H]2OC(C)=O)C=CC1. The van der Waals surface area contributed by atoms with Crippen molar-refractivity contribution in [2.45, 2.75) is 103 Å². The van der Waals surface area contributed by atoms with Crippen LogP contribution in [0.25, 0.3) is 0 Å². The molecule has 3 aliphatic rings. The monoisotopic (exact) mass is 834 g/mol. The Balaban J connectivity index is 1.63. The van der Waals surface area contributed by atoms with E-state index >= 15 is 0 Å². The Morgan fingerprint density at radius 3 is 1.76 bits per heavy atom. The van der Waals surface area contributed by atoms with Crippen LogP contribution in [0.15, 0.2) is 60.6 Å². The highest BCUT2D eigenvalue weighted by molar-refractivity contribution is 5.89. The van der Waals surface area contributed by atoms with Crippen LogP contribution in [0.5, 0.6) is 0 Å². The highest BCUT2D eigenvalue weighted by atomic mass is 16.7. The van der Waals surface area contributed by atoms with Crippen LogP contribution >= 0.6 is 0 Å². The average molecular weight is 835 g/mol. The van der Waals surface area contributed by atoms with Gasteiger partial charge in [0.25, 0.3) is 0 Å². The number of rotatable bonds is 19. The van der Waals surface area contributed by atoms with E-state index in [0.717, 1.165) is 13.8 Å². The van der Waals surface area contributed by atoms with Gasteiger partial charge in [-0.15, -0.1) is 6.58 Å². The maximum Gasteiger partial charge on any atom is 0.336 e. The molecule has 0 amide bonds. The Morgan fingerprint density at radius 1 is 0.712 bits per heavy atom. The van der Waals surface area contributed by atoms with Crippen LogP contribution in [-0.4, -0.2) is 140 Å². The standard InChI is InChI=1S/C39H50N2O18/c1-9-13-28(18-40(8)36-34(56-26(6)46)32(54-24(4)44)30(58-36)20-52-22(2)42)38(48)50-16-10-11-17-51-39(49)29-14-12-15-41(19-29)37-35(57-27(7)47)33(55-25(5)45)31(59-37)21-53-23(3)43/h9-12,15,18-19,30-37H,1,13-14,16-17,20-21H2,2-8H3/b11-10+,28-18+/t30-,31-,32?,33-,34-,35-,36-,37-/m1/s1. The molecule has 0 aliphatic carbocycles. The lowest BCUT2D eigenvalue weighted by molar-refractivity contribution is -0.167. The average Bonchev–Trinajstić information content (AvgIpc) is 3.65. The van der Waals surface area contributed by atoms with Crippen molar-refractivity contribution in [3.63, 3.8) is 0 Å². The molecule has 2 fully saturated rings. The second-order valence-corrected chi connectivity index (χ2v) is 13.2. The molecule has 20 heteroatoms. The predicted octanol–water partition coefficient (Wildman–Crippen LogP) is 1.43. The van der Waals surface area contributed by atoms with Crippen molar-refractivity contribution < 1.29 is 85.7 Å². The fraction of sp³-hybridized carbons (Fsp3) is 0.538. The summed E-state index contributed by atoms with van der Waals surface area (Å²) >= 11 is 0. The summed E-state index contributed by atoms with van der Waals surface area (Å²) in [6.07, 6.45) is 1.97. The number of carbonyl (C=O) groups excluding carboxylic acids is 8. The third-order valence-corrected chi connectivity index (χ3v) is 8.33. The van der Waals surface area contributed by atoms with E-state index in [4.69, 9.17) is 47.4 Å². The van der Waals surface area contributed by atoms with E-state index in [9.17, 15) is 38.4 Å². The fourth-order valence-corrected chi connectivity index (χ4v) is 6.06. The Kier molecular flexibility index (Phi) is 18.3. The van der Waals surface area contributed by atoms with E-state index < -0.39 is 96.8 Å². The Labute approximate surface area is 340 Å². The summed E-state index contributed by atoms with van der Waals surface area (Å²) in [6, 6.07) is 0. The second kappa shape index (κ2) is 22.8. The van der Waals surface area contributed by atoms with Gasteiger partial charge in [0.05, 0.1) is 11.1 Å². The van der Waals surface area contributed by atoms with E-state index in [0.29, 0.717) is 0 Å². The summed E-state index contributed by atoms with van der Waals surface area (Å²) in [6.45, 7) is 9.72. The largest absolute Gasteiger partial charge is 0.463 e. The van der Waals surface area contributed by atoms with E-state index in [1.165, 1.54) is 75.2 Å². The number of carbonyl (C=O) groups is 8. The van der Waals surface area contributed by atoms with Crippen molar-refractivity contribution in [2.75, 3.05) is 33.5 Å². The van der Waals surface area contributed by atoms with Gasteiger partial charge in [-0.1, -0.05) is 12.2 Å². The van der Waals surface area contributed by atoms with Crippen molar-refractivity contribution in [1.29, 1.82) is 0 Å². The minimum absolute atomic E-state index is 0.0606. The van der Waals surface area contributed by atoms with E-state index in [1.54, 1.807) is 12.3 Å². The molecule has 0 aromatic carbocycles. The van der Waals surface area contributed by atoms with Gasteiger partial charge < -0.3 is 57.2 Å². The third kappa shape index (κ3) is 14.7. The van der Waals surface area contributed by atoms with Crippen LogP contribution in [-0.2, 0) is 85.7 Å². The molecule has 3 rings (SSSR count). The molecule has 0 aromatic rings. The number of allylic oxidation sites excluding steroid dienone is 2. The molecule has 0 spiro atoms. The Hall–Kier alpha value is -6.02. The normalized spacial score (nSPS) is 25.0. The summed E-state index contributed by atoms with van der Waals surface area (Å²) in [4.78, 5) is 99.7. The second-order valence-electron chi connectivity index (χ2n) is 13.2. The molecule has 8 atom stereocenters. The van der Waals surface area contributed by atoms with Gasteiger partial charge in [0, 0.05) is 73.6 Å². The van der Waals surface area contributed by atoms with Gasteiger partial charge in [-0.2, -0.15) is 0 Å². The first-order chi connectivity index (χ1) is 27.9. The minimum atomic E-state index is -1.16. The molecular weight excluding hydrogens is 784 g/mol. The van der Waals surface area contributed by atoms with Crippen LogP contribution in [0.3, 0.4) is 0 Å². The van der Waals surface area contributed by atoms with Crippen LogP contribution in [0.2, 0.25) is 0 Å². The first-order valence-electron chi connectivity index (χ1n) is 18.4. The van der Waals surface area contributed by atoms with Crippen LogP contribution in [0, 0.1) is 0 Å². The molecule has 3 aliphatic heterocycles. The summed E-state index contributed by atoms with van der Waals surface area (Å²) in [5.74, 6) is -5.39. The highest BCUT2D eigenvalue weighted by Gasteiger charge is 2.52. The van der Waals surface area contributed by atoms with Crippen LogP contribution < -0.4 is 0 Å². The van der Waals surface area contributed by atoms with Crippen molar-refractivity contribution in [1.82, 2.24) is 9.80 Å². The third-order valence-electron chi connectivity index (χ3n) is 8.33.